The van der Waals surface area contributed by atoms with Gasteiger partial charge in [-0.15, -0.1) is 5.10 Å². The molecule has 0 aliphatic carbocycles. The topological polar surface area (TPSA) is 61.6 Å². The van der Waals surface area contributed by atoms with Crippen LogP contribution < -0.4 is 5.32 Å². The Morgan fingerprint density at radius 3 is 2.40 bits per heavy atom. The minimum atomic E-state index is 0.517. The Balaban J connectivity index is 2.42. The summed E-state index contributed by atoms with van der Waals surface area (Å²) in [7, 11) is 0. The number of nitriles is 1. The molecule has 2 rings (SSSR count). The van der Waals surface area contributed by atoms with Crippen molar-refractivity contribution < 1.29 is 0 Å². The number of nitrogens with one attached hydrogen (secondary N) is 1. The molecule has 0 amide bonds. The van der Waals surface area contributed by atoms with Gasteiger partial charge in [-0.25, -0.2) is 0 Å². The van der Waals surface area contributed by atoms with Gasteiger partial charge in [-0.05, 0) is 42.7 Å². The van der Waals surface area contributed by atoms with Gasteiger partial charge in [0.2, 0.25) is 0 Å². The third-order valence-electron chi connectivity index (χ3n) is 3.06. The first-order valence-corrected chi connectivity index (χ1v) is 7.30. The summed E-state index contributed by atoms with van der Waals surface area (Å²) in [6.07, 6.45) is 1.56. The number of nitrogens with zero attached hydrogens (tertiary/aromatic N) is 3. The average molecular weight is 331 g/mol. The van der Waals surface area contributed by atoms with E-state index in [9.17, 15) is 5.26 Å². The highest BCUT2D eigenvalue weighted by Gasteiger charge is 2.14. The molecule has 0 aliphatic rings. The van der Waals surface area contributed by atoms with Crippen LogP contribution in [-0.4, -0.2) is 10.2 Å². The van der Waals surface area contributed by atoms with E-state index in [-0.39, 0.29) is 0 Å². The standard InChI is InChI=1S/C15H15BrN4/c1-3-12-13(9-17)15(20-19-14(12)4-2)18-11-7-5-10(16)6-8-11/h5-8H,3-4H2,1-2H3,(H,18,20). The molecule has 1 aromatic carbocycles. The molecule has 2 aromatic rings. The van der Waals surface area contributed by atoms with Gasteiger partial charge in [0.05, 0.1) is 5.69 Å². The molecule has 1 aromatic heterocycles. The normalized spacial score (nSPS) is 10.1. The van der Waals surface area contributed by atoms with E-state index in [1.807, 2.05) is 38.1 Å². The van der Waals surface area contributed by atoms with Crippen molar-refractivity contribution in [3.05, 3.63) is 45.6 Å². The number of halogens is 1. The zero-order valence-electron chi connectivity index (χ0n) is 11.4. The van der Waals surface area contributed by atoms with Crippen molar-refractivity contribution in [1.82, 2.24) is 10.2 Å². The molecular formula is C15H15BrN4. The first-order chi connectivity index (χ1) is 9.69. The SMILES string of the molecule is CCc1nnc(Nc2ccc(Br)cc2)c(C#N)c1CC. The number of hydrogen-bond acceptors (Lipinski definition) is 4. The molecule has 0 bridgehead atoms. The number of aromatic nitrogens is 2. The number of benzene rings is 1. The van der Waals surface area contributed by atoms with Gasteiger partial charge in [0.15, 0.2) is 5.82 Å². The molecule has 4 nitrogen and oxygen atoms in total. The smallest absolute Gasteiger partial charge is 0.171 e. The zero-order valence-corrected chi connectivity index (χ0v) is 13.0. The van der Waals surface area contributed by atoms with Crippen molar-refractivity contribution in [2.75, 3.05) is 5.32 Å². The third kappa shape index (κ3) is 2.97. The second-order valence-corrected chi connectivity index (χ2v) is 5.22. The Morgan fingerprint density at radius 2 is 1.85 bits per heavy atom. The van der Waals surface area contributed by atoms with Crippen LogP contribution in [0.5, 0.6) is 0 Å². The van der Waals surface area contributed by atoms with Crippen LogP contribution in [0.25, 0.3) is 0 Å². The second-order valence-electron chi connectivity index (χ2n) is 4.30. The van der Waals surface area contributed by atoms with Gasteiger partial charge in [0.1, 0.15) is 11.6 Å². The van der Waals surface area contributed by atoms with Crippen molar-refractivity contribution in [2.45, 2.75) is 26.7 Å². The number of anilines is 2. The second kappa shape index (κ2) is 6.49. The summed E-state index contributed by atoms with van der Waals surface area (Å²) in [5.41, 5.74) is 3.34. The van der Waals surface area contributed by atoms with Crippen molar-refractivity contribution in [2.24, 2.45) is 0 Å². The van der Waals surface area contributed by atoms with Gasteiger partial charge < -0.3 is 5.32 Å². The van der Waals surface area contributed by atoms with Crippen LogP contribution in [0.15, 0.2) is 28.7 Å². The summed E-state index contributed by atoms with van der Waals surface area (Å²) in [4.78, 5) is 0. The molecule has 0 fully saturated rings. The first kappa shape index (κ1) is 14.5. The molecule has 20 heavy (non-hydrogen) atoms. The van der Waals surface area contributed by atoms with Gasteiger partial charge in [-0.3, -0.25) is 0 Å². The molecule has 0 saturated heterocycles. The summed E-state index contributed by atoms with van der Waals surface area (Å²) < 4.78 is 1.00. The zero-order chi connectivity index (χ0) is 14.5. The quantitative estimate of drug-likeness (QED) is 0.920. The Labute approximate surface area is 127 Å². The molecule has 0 saturated carbocycles. The third-order valence-corrected chi connectivity index (χ3v) is 3.59. The van der Waals surface area contributed by atoms with Crippen LogP contribution >= 0.6 is 15.9 Å². The molecule has 0 radical (unpaired) electrons. The van der Waals surface area contributed by atoms with Gasteiger partial charge >= 0.3 is 0 Å². The molecule has 0 unspecified atom stereocenters. The lowest BCUT2D eigenvalue weighted by molar-refractivity contribution is 0.877. The fourth-order valence-corrected chi connectivity index (χ4v) is 2.32. The summed E-state index contributed by atoms with van der Waals surface area (Å²) >= 11 is 3.39. The lowest BCUT2D eigenvalue weighted by atomic mass is 10.0. The molecule has 102 valence electrons. The highest BCUT2D eigenvalue weighted by Crippen LogP contribution is 2.24. The minimum Gasteiger partial charge on any atom is -0.338 e. The number of aryl methyl sites for hydroxylation is 1. The summed E-state index contributed by atoms with van der Waals surface area (Å²) in [5.74, 6) is 0.517. The Morgan fingerprint density at radius 1 is 1.15 bits per heavy atom. The average Bonchev–Trinajstić information content (AvgIpc) is 2.48. The van der Waals surface area contributed by atoms with Crippen LogP contribution in [0.2, 0.25) is 0 Å². The maximum absolute atomic E-state index is 9.41. The molecule has 0 atom stereocenters. The molecule has 0 aliphatic heterocycles. The van der Waals surface area contributed by atoms with Crippen LogP contribution in [-0.2, 0) is 12.8 Å². The van der Waals surface area contributed by atoms with E-state index in [2.05, 4.69) is 37.5 Å². The fraction of sp³-hybridized carbons (Fsp3) is 0.267. The molecule has 0 spiro atoms. The monoisotopic (exact) mass is 330 g/mol. The first-order valence-electron chi connectivity index (χ1n) is 6.50. The van der Waals surface area contributed by atoms with Gasteiger partial charge in [0, 0.05) is 10.2 Å². The van der Waals surface area contributed by atoms with E-state index < -0.39 is 0 Å². The maximum Gasteiger partial charge on any atom is 0.171 e. The van der Waals surface area contributed by atoms with E-state index in [0.717, 1.165) is 34.3 Å². The van der Waals surface area contributed by atoms with Crippen LogP contribution in [0, 0.1) is 11.3 Å². The van der Waals surface area contributed by atoms with Crippen LogP contribution in [0.3, 0.4) is 0 Å². The lowest BCUT2D eigenvalue weighted by Crippen LogP contribution is -2.07. The van der Waals surface area contributed by atoms with Crippen LogP contribution in [0.4, 0.5) is 11.5 Å². The van der Waals surface area contributed by atoms with E-state index >= 15 is 0 Å². The van der Waals surface area contributed by atoms with Crippen molar-refractivity contribution in [3.63, 3.8) is 0 Å². The minimum absolute atomic E-state index is 0.517. The van der Waals surface area contributed by atoms with E-state index in [4.69, 9.17) is 0 Å². The highest BCUT2D eigenvalue weighted by atomic mass is 79.9. The molecular weight excluding hydrogens is 316 g/mol. The van der Waals surface area contributed by atoms with Gasteiger partial charge in [-0.1, -0.05) is 29.8 Å². The molecule has 1 heterocycles. The number of rotatable bonds is 4. The highest BCUT2D eigenvalue weighted by molar-refractivity contribution is 9.10. The molecule has 5 heteroatoms. The Hall–Kier alpha value is -1.93. The predicted octanol–water partition coefficient (Wildman–Crippen LogP) is 3.98. The summed E-state index contributed by atoms with van der Waals surface area (Å²) in [6, 6.07) is 9.96. The van der Waals surface area contributed by atoms with Crippen molar-refractivity contribution in [3.8, 4) is 6.07 Å². The predicted molar refractivity (Wildman–Crippen MR) is 82.9 cm³/mol. The lowest BCUT2D eigenvalue weighted by Gasteiger charge is -2.12. The summed E-state index contributed by atoms with van der Waals surface area (Å²) in [6.45, 7) is 4.05. The Kier molecular flexibility index (Phi) is 4.70. The fourth-order valence-electron chi connectivity index (χ4n) is 2.05. The van der Waals surface area contributed by atoms with Gasteiger partial charge in [-0.2, -0.15) is 10.4 Å². The summed E-state index contributed by atoms with van der Waals surface area (Å²) in [5, 5.41) is 20.9. The van der Waals surface area contributed by atoms with Crippen molar-refractivity contribution in [1.29, 1.82) is 5.26 Å². The maximum atomic E-state index is 9.41. The van der Waals surface area contributed by atoms with Crippen LogP contribution in [0.1, 0.15) is 30.7 Å². The van der Waals surface area contributed by atoms with Crippen molar-refractivity contribution >= 4 is 27.4 Å². The largest absolute Gasteiger partial charge is 0.338 e. The molecule has 1 N–H and O–H groups in total. The van der Waals surface area contributed by atoms with E-state index in [1.54, 1.807) is 0 Å². The number of hydrogen-bond donors (Lipinski definition) is 1. The Bertz CT molecular complexity index is 644. The van der Waals surface area contributed by atoms with E-state index in [1.165, 1.54) is 0 Å². The van der Waals surface area contributed by atoms with E-state index in [0.29, 0.717) is 11.4 Å². The van der Waals surface area contributed by atoms with Gasteiger partial charge in [0.25, 0.3) is 0 Å².